The molecule has 4 nitrogen and oxygen atoms in total. The van der Waals surface area contributed by atoms with Gasteiger partial charge in [-0.05, 0) is 37.7 Å². The van der Waals surface area contributed by atoms with Crippen molar-refractivity contribution in [3.63, 3.8) is 0 Å². The molecule has 37 heavy (non-hydrogen) atoms. The largest absolute Gasteiger partial charge is 0.465 e. The molecule has 0 amide bonds. The summed E-state index contributed by atoms with van der Waals surface area (Å²) in [5.41, 5.74) is 0.0427. The van der Waals surface area contributed by atoms with Gasteiger partial charge in [-0.3, -0.25) is 9.59 Å². The molecule has 0 saturated heterocycles. The van der Waals surface area contributed by atoms with E-state index < -0.39 is 17.4 Å². The number of ether oxygens (including phenoxy) is 2. The van der Waals surface area contributed by atoms with E-state index in [0.29, 0.717) is 26.1 Å². The van der Waals surface area contributed by atoms with E-state index in [1.807, 2.05) is 32.0 Å². The second kappa shape index (κ2) is 22.2. The van der Waals surface area contributed by atoms with Crippen molar-refractivity contribution in [2.45, 2.75) is 143 Å². The van der Waals surface area contributed by atoms with Gasteiger partial charge in [0.1, 0.15) is 0 Å². The lowest BCUT2D eigenvalue weighted by atomic mass is 9.82. The predicted molar refractivity (Wildman–Crippen MR) is 155 cm³/mol. The van der Waals surface area contributed by atoms with Crippen molar-refractivity contribution in [2.24, 2.45) is 5.41 Å². The van der Waals surface area contributed by atoms with Gasteiger partial charge in [0.2, 0.25) is 0 Å². The summed E-state index contributed by atoms with van der Waals surface area (Å²) in [5, 5.41) is 0. The highest BCUT2D eigenvalue weighted by Crippen LogP contribution is 2.30. The normalized spacial score (nSPS) is 11.4. The first kappa shape index (κ1) is 33.2. The first-order chi connectivity index (χ1) is 18.1. The standard InChI is InChI=1S/C33H56O4/c1-4-7-8-9-10-11-12-13-14-15-16-17-18-19-23-28-36-31(34)33(5-2,6-3)32(35)37-29-24-27-30-25-21-20-22-26-30/h20-22,25-26H,4-19,23-24,27-29H2,1-3H3. The minimum absolute atomic E-state index is 0.321. The van der Waals surface area contributed by atoms with Crippen molar-refractivity contribution < 1.29 is 19.1 Å². The van der Waals surface area contributed by atoms with E-state index in [-0.39, 0.29) is 0 Å². The van der Waals surface area contributed by atoms with E-state index in [2.05, 4.69) is 19.1 Å². The Labute approximate surface area is 228 Å². The number of carbonyl (C=O) groups is 2. The Morgan fingerprint density at radius 2 is 0.973 bits per heavy atom. The number of aryl methyl sites for hydroxylation is 1. The van der Waals surface area contributed by atoms with Gasteiger partial charge >= 0.3 is 11.9 Å². The van der Waals surface area contributed by atoms with Gasteiger partial charge in [0.15, 0.2) is 5.41 Å². The minimum atomic E-state index is -1.18. The van der Waals surface area contributed by atoms with E-state index in [9.17, 15) is 9.59 Å². The Kier molecular flexibility index (Phi) is 19.9. The zero-order valence-corrected chi connectivity index (χ0v) is 24.4. The molecule has 0 aliphatic heterocycles. The fourth-order valence-electron chi connectivity index (χ4n) is 4.91. The van der Waals surface area contributed by atoms with Gasteiger partial charge in [-0.2, -0.15) is 0 Å². The van der Waals surface area contributed by atoms with Crippen molar-refractivity contribution in [3.05, 3.63) is 35.9 Å². The maximum atomic E-state index is 12.8. The van der Waals surface area contributed by atoms with Gasteiger partial charge in [0.25, 0.3) is 0 Å². The van der Waals surface area contributed by atoms with Crippen LogP contribution in [0.2, 0.25) is 0 Å². The monoisotopic (exact) mass is 516 g/mol. The Hall–Kier alpha value is -1.84. The highest BCUT2D eigenvalue weighted by molar-refractivity contribution is 5.99. The molecule has 0 radical (unpaired) electrons. The highest BCUT2D eigenvalue weighted by Gasteiger charge is 2.45. The summed E-state index contributed by atoms with van der Waals surface area (Å²) in [6.07, 6.45) is 21.9. The Balaban J connectivity index is 2.09. The maximum Gasteiger partial charge on any atom is 0.323 e. The van der Waals surface area contributed by atoms with Crippen molar-refractivity contribution >= 4 is 11.9 Å². The summed E-state index contributed by atoms with van der Waals surface area (Å²) in [7, 11) is 0. The van der Waals surface area contributed by atoms with Gasteiger partial charge in [0, 0.05) is 0 Å². The second-order valence-corrected chi connectivity index (χ2v) is 10.6. The van der Waals surface area contributed by atoms with Gasteiger partial charge < -0.3 is 9.47 Å². The number of hydrogen-bond donors (Lipinski definition) is 0. The lowest BCUT2D eigenvalue weighted by Gasteiger charge is -2.27. The van der Waals surface area contributed by atoms with E-state index in [1.165, 1.54) is 89.0 Å². The molecule has 0 bridgehead atoms. The molecule has 0 fully saturated rings. The van der Waals surface area contributed by atoms with Gasteiger partial charge in [-0.1, -0.05) is 141 Å². The van der Waals surface area contributed by atoms with Crippen molar-refractivity contribution in [2.75, 3.05) is 13.2 Å². The average molecular weight is 517 g/mol. The van der Waals surface area contributed by atoms with Crippen LogP contribution in [0, 0.1) is 5.41 Å². The molecule has 212 valence electrons. The predicted octanol–water partition coefficient (Wildman–Crippen LogP) is 9.38. The minimum Gasteiger partial charge on any atom is -0.465 e. The molecular weight excluding hydrogens is 460 g/mol. The topological polar surface area (TPSA) is 52.6 Å². The average Bonchev–Trinajstić information content (AvgIpc) is 2.92. The van der Waals surface area contributed by atoms with Crippen LogP contribution in [0.3, 0.4) is 0 Å². The second-order valence-electron chi connectivity index (χ2n) is 10.6. The molecule has 0 heterocycles. The molecule has 0 aliphatic carbocycles. The van der Waals surface area contributed by atoms with Gasteiger partial charge in [-0.25, -0.2) is 0 Å². The maximum absolute atomic E-state index is 12.8. The summed E-state index contributed by atoms with van der Waals surface area (Å²) >= 11 is 0. The van der Waals surface area contributed by atoms with E-state index in [1.54, 1.807) is 0 Å². The fourth-order valence-corrected chi connectivity index (χ4v) is 4.91. The van der Waals surface area contributed by atoms with Crippen LogP contribution in [-0.2, 0) is 25.5 Å². The fraction of sp³-hybridized carbons (Fsp3) is 0.758. The van der Waals surface area contributed by atoms with E-state index in [0.717, 1.165) is 25.7 Å². The highest BCUT2D eigenvalue weighted by atomic mass is 16.6. The van der Waals surface area contributed by atoms with Crippen LogP contribution in [-0.4, -0.2) is 25.2 Å². The number of hydrogen-bond acceptors (Lipinski definition) is 4. The van der Waals surface area contributed by atoms with Crippen LogP contribution in [0.15, 0.2) is 30.3 Å². The van der Waals surface area contributed by atoms with Crippen LogP contribution in [0.25, 0.3) is 0 Å². The van der Waals surface area contributed by atoms with E-state index in [4.69, 9.17) is 9.47 Å². The third kappa shape index (κ3) is 14.6. The van der Waals surface area contributed by atoms with Crippen LogP contribution in [0.4, 0.5) is 0 Å². The quantitative estimate of drug-likeness (QED) is 0.0780. The van der Waals surface area contributed by atoms with Gasteiger partial charge in [0.05, 0.1) is 13.2 Å². The molecule has 0 aliphatic rings. The Bertz CT molecular complexity index is 681. The molecule has 0 atom stereocenters. The first-order valence-corrected chi connectivity index (χ1v) is 15.5. The summed E-state index contributed by atoms with van der Waals surface area (Å²) in [4.78, 5) is 25.7. The lowest BCUT2D eigenvalue weighted by molar-refractivity contribution is -0.173. The molecule has 0 unspecified atom stereocenters. The summed E-state index contributed by atoms with van der Waals surface area (Å²) < 4.78 is 11.1. The number of esters is 2. The Morgan fingerprint density at radius 3 is 1.41 bits per heavy atom. The summed E-state index contributed by atoms with van der Waals surface area (Å²) in [6.45, 7) is 6.71. The summed E-state index contributed by atoms with van der Waals surface area (Å²) in [5.74, 6) is -0.858. The molecule has 0 N–H and O–H groups in total. The smallest absolute Gasteiger partial charge is 0.323 e. The summed E-state index contributed by atoms with van der Waals surface area (Å²) in [6, 6.07) is 10.1. The van der Waals surface area contributed by atoms with E-state index >= 15 is 0 Å². The van der Waals surface area contributed by atoms with Crippen LogP contribution >= 0.6 is 0 Å². The Morgan fingerprint density at radius 1 is 0.568 bits per heavy atom. The SMILES string of the molecule is CCCCCCCCCCCCCCCCCOC(=O)C(CC)(CC)C(=O)OCCCc1ccccc1. The molecule has 4 heteroatoms. The zero-order valence-electron chi connectivity index (χ0n) is 24.4. The lowest BCUT2D eigenvalue weighted by Crippen LogP contribution is -2.41. The number of unbranched alkanes of at least 4 members (excludes halogenated alkanes) is 14. The van der Waals surface area contributed by atoms with Crippen LogP contribution in [0.5, 0.6) is 0 Å². The first-order valence-electron chi connectivity index (χ1n) is 15.5. The molecule has 1 aromatic carbocycles. The molecule has 0 saturated carbocycles. The third-order valence-electron chi connectivity index (χ3n) is 7.66. The molecular formula is C33H56O4. The zero-order chi connectivity index (χ0) is 27.0. The number of carbonyl (C=O) groups excluding carboxylic acids is 2. The van der Waals surface area contributed by atoms with Crippen LogP contribution in [0.1, 0.15) is 142 Å². The number of rotatable bonds is 24. The third-order valence-corrected chi connectivity index (χ3v) is 7.66. The van der Waals surface area contributed by atoms with Gasteiger partial charge in [-0.15, -0.1) is 0 Å². The van der Waals surface area contributed by atoms with Crippen molar-refractivity contribution in [1.29, 1.82) is 0 Å². The van der Waals surface area contributed by atoms with Crippen LogP contribution < -0.4 is 0 Å². The molecule has 1 rings (SSSR count). The molecule has 0 spiro atoms. The van der Waals surface area contributed by atoms with Crippen molar-refractivity contribution in [3.8, 4) is 0 Å². The molecule has 1 aromatic rings. The molecule has 0 aromatic heterocycles. The van der Waals surface area contributed by atoms with Crippen molar-refractivity contribution in [1.82, 2.24) is 0 Å². The number of benzene rings is 1.